The lowest BCUT2D eigenvalue weighted by Crippen LogP contribution is -1.96. The highest BCUT2D eigenvalue weighted by Gasteiger charge is 2.27. The fourth-order valence-corrected chi connectivity index (χ4v) is 2.90. The first-order valence-electron chi connectivity index (χ1n) is 5.42. The van der Waals surface area contributed by atoms with E-state index in [1.54, 1.807) is 18.0 Å². The average Bonchev–Trinajstić information content (AvgIpc) is 3.05. The molecule has 88 valence electrons. The Morgan fingerprint density at radius 1 is 1.41 bits per heavy atom. The molecule has 0 spiro atoms. The van der Waals surface area contributed by atoms with Gasteiger partial charge in [0.05, 0.1) is 0 Å². The zero-order valence-corrected chi connectivity index (χ0v) is 11.7. The minimum Gasteiger partial charge on any atom is -0.329 e. The molecule has 1 saturated carbocycles. The summed E-state index contributed by atoms with van der Waals surface area (Å²) in [4.78, 5) is 13.3. The zero-order valence-electron chi connectivity index (χ0n) is 9.30. The number of nitrogens with zero attached hydrogens (tertiary/aromatic N) is 4. The molecule has 3 rings (SSSR count). The van der Waals surface area contributed by atoms with E-state index in [9.17, 15) is 0 Å². The molecule has 1 fully saturated rings. The highest BCUT2D eigenvalue weighted by Crippen LogP contribution is 2.39. The molecule has 1 aliphatic rings. The number of halogens is 1. The van der Waals surface area contributed by atoms with E-state index < -0.39 is 0 Å². The first-order chi connectivity index (χ1) is 8.22. The summed E-state index contributed by atoms with van der Waals surface area (Å²) in [6.07, 6.45) is 6.15. The molecule has 0 aliphatic heterocycles. The number of hydrogen-bond donors (Lipinski definition) is 0. The Balaban J connectivity index is 1.89. The third kappa shape index (κ3) is 2.52. The van der Waals surface area contributed by atoms with Crippen LogP contribution in [0.1, 0.15) is 24.6 Å². The van der Waals surface area contributed by atoms with Gasteiger partial charge in [0.25, 0.3) is 0 Å². The molecule has 4 nitrogen and oxygen atoms in total. The molecule has 0 atom stereocenters. The van der Waals surface area contributed by atoms with Crippen molar-refractivity contribution in [3.05, 3.63) is 28.9 Å². The molecule has 1 aliphatic carbocycles. The average molecular weight is 311 g/mol. The monoisotopic (exact) mass is 310 g/mol. The van der Waals surface area contributed by atoms with Gasteiger partial charge in [-0.05, 0) is 40.5 Å². The largest absolute Gasteiger partial charge is 0.329 e. The summed E-state index contributed by atoms with van der Waals surface area (Å²) in [7, 11) is 1.98. The number of aromatic nitrogens is 4. The van der Waals surface area contributed by atoms with E-state index >= 15 is 0 Å². The van der Waals surface area contributed by atoms with Crippen molar-refractivity contribution in [3.63, 3.8) is 0 Å². The molecule has 17 heavy (non-hydrogen) atoms. The first kappa shape index (κ1) is 11.2. The fourth-order valence-electron chi connectivity index (χ4n) is 1.53. The molecule has 0 saturated heterocycles. The van der Waals surface area contributed by atoms with Crippen LogP contribution in [0.2, 0.25) is 0 Å². The molecular formula is C11H11BrN4S. The third-order valence-corrected chi connectivity index (χ3v) is 4.00. The minimum atomic E-state index is 0.563. The Labute approximate surface area is 112 Å². The summed E-state index contributed by atoms with van der Waals surface area (Å²) in [5.74, 6) is 1.52. The van der Waals surface area contributed by atoms with Crippen molar-refractivity contribution in [2.75, 3.05) is 0 Å². The van der Waals surface area contributed by atoms with E-state index in [2.05, 4.69) is 30.9 Å². The molecule has 0 radical (unpaired) electrons. The zero-order chi connectivity index (χ0) is 11.8. The quantitative estimate of drug-likeness (QED) is 0.817. The van der Waals surface area contributed by atoms with Crippen molar-refractivity contribution in [1.29, 1.82) is 0 Å². The fraction of sp³-hybridized carbons (Fsp3) is 0.364. The molecule has 0 unspecified atom stereocenters. The van der Waals surface area contributed by atoms with Crippen LogP contribution in [0, 0.1) is 0 Å². The standard InChI is InChI=1S/C11H11BrN4S/c1-16-5-4-13-11(16)17-9-6-8(12)14-10(15-9)7-2-3-7/h4-7H,2-3H2,1H3. The lowest BCUT2D eigenvalue weighted by Gasteiger charge is -2.04. The molecule has 6 heteroatoms. The van der Waals surface area contributed by atoms with Gasteiger partial charge in [-0.15, -0.1) is 0 Å². The van der Waals surface area contributed by atoms with E-state index in [0.717, 1.165) is 20.6 Å². The van der Waals surface area contributed by atoms with Gasteiger partial charge in [-0.2, -0.15) is 0 Å². The summed E-state index contributed by atoms with van der Waals surface area (Å²) in [5, 5.41) is 1.89. The summed E-state index contributed by atoms with van der Waals surface area (Å²) >= 11 is 5.01. The Morgan fingerprint density at radius 3 is 2.88 bits per heavy atom. The van der Waals surface area contributed by atoms with Crippen LogP contribution in [0.15, 0.2) is 33.2 Å². The van der Waals surface area contributed by atoms with E-state index in [4.69, 9.17) is 0 Å². The van der Waals surface area contributed by atoms with Gasteiger partial charge in [-0.1, -0.05) is 0 Å². The van der Waals surface area contributed by atoms with Gasteiger partial charge in [0, 0.05) is 31.4 Å². The van der Waals surface area contributed by atoms with Crippen molar-refractivity contribution >= 4 is 27.7 Å². The summed E-state index contributed by atoms with van der Waals surface area (Å²) in [6.45, 7) is 0. The summed E-state index contributed by atoms with van der Waals surface area (Å²) < 4.78 is 2.84. The van der Waals surface area contributed by atoms with Crippen LogP contribution >= 0.6 is 27.7 Å². The molecule has 0 bridgehead atoms. The van der Waals surface area contributed by atoms with Crippen molar-refractivity contribution in [1.82, 2.24) is 19.5 Å². The molecule has 2 aromatic rings. The minimum absolute atomic E-state index is 0.563. The van der Waals surface area contributed by atoms with E-state index in [0.29, 0.717) is 5.92 Å². The maximum Gasteiger partial charge on any atom is 0.174 e. The SMILES string of the molecule is Cn1ccnc1Sc1cc(Br)nc(C2CC2)n1. The second-order valence-corrected chi connectivity index (χ2v) is 5.88. The lowest BCUT2D eigenvalue weighted by molar-refractivity contribution is 0.785. The second-order valence-electron chi connectivity index (χ2n) is 4.08. The molecule has 0 amide bonds. The van der Waals surface area contributed by atoms with Gasteiger partial charge in [0.15, 0.2) is 5.16 Å². The van der Waals surface area contributed by atoms with Crippen LogP contribution in [0.3, 0.4) is 0 Å². The molecular weight excluding hydrogens is 300 g/mol. The predicted octanol–water partition coefficient (Wildman–Crippen LogP) is 3.00. The molecule has 0 aromatic carbocycles. The van der Waals surface area contributed by atoms with Crippen LogP contribution < -0.4 is 0 Å². The maximum absolute atomic E-state index is 4.58. The Morgan fingerprint density at radius 2 is 2.24 bits per heavy atom. The third-order valence-electron chi connectivity index (χ3n) is 2.60. The van der Waals surface area contributed by atoms with Crippen molar-refractivity contribution in [2.45, 2.75) is 28.9 Å². The van der Waals surface area contributed by atoms with Gasteiger partial charge in [-0.25, -0.2) is 15.0 Å². The predicted molar refractivity (Wildman–Crippen MR) is 69.0 cm³/mol. The number of hydrogen-bond acceptors (Lipinski definition) is 4. The topological polar surface area (TPSA) is 43.6 Å². The summed E-state index contributed by atoms with van der Waals surface area (Å²) in [5.41, 5.74) is 0. The molecule has 0 N–H and O–H groups in total. The Hall–Kier alpha value is -0.880. The van der Waals surface area contributed by atoms with Crippen molar-refractivity contribution in [3.8, 4) is 0 Å². The van der Waals surface area contributed by atoms with Crippen LogP contribution in [-0.2, 0) is 7.05 Å². The van der Waals surface area contributed by atoms with Gasteiger partial charge in [-0.3, -0.25) is 0 Å². The normalized spacial score (nSPS) is 15.2. The molecule has 2 aromatic heterocycles. The van der Waals surface area contributed by atoms with Crippen LogP contribution in [0.4, 0.5) is 0 Å². The van der Waals surface area contributed by atoms with Gasteiger partial charge >= 0.3 is 0 Å². The highest BCUT2D eigenvalue weighted by atomic mass is 79.9. The van der Waals surface area contributed by atoms with Crippen molar-refractivity contribution < 1.29 is 0 Å². The number of imidazole rings is 1. The van der Waals surface area contributed by atoms with E-state index in [-0.39, 0.29) is 0 Å². The highest BCUT2D eigenvalue weighted by molar-refractivity contribution is 9.10. The number of aryl methyl sites for hydroxylation is 1. The van der Waals surface area contributed by atoms with E-state index in [1.807, 2.05) is 23.9 Å². The van der Waals surface area contributed by atoms with Gasteiger partial charge in [0.2, 0.25) is 0 Å². The van der Waals surface area contributed by atoms with Crippen LogP contribution in [-0.4, -0.2) is 19.5 Å². The Bertz CT molecular complexity index is 550. The maximum atomic E-state index is 4.58. The summed E-state index contributed by atoms with van der Waals surface area (Å²) in [6, 6.07) is 1.94. The second kappa shape index (κ2) is 4.42. The van der Waals surface area contributed by atoms with Gasteiger partial charge < -0.3 is 4.57 Å². The van der Waals surface area contributed by atoms with E-state index in [1.165, 1.54) is 12.8 Å². The first-order valence-corrected chi connectivity index (χ1v) is 7.03. The lowest BCUT2D eigenvalue weighted by atomic mass is 10.4. The van der Waals surface area contributed by atoms with Crippen molar-refractivity contribution in [2.24, 2.45) is 7.05 Å². The molecule has 2 heterocycles. The number of rotatable bonds is 3. The Kier molecular flexibility index (Phi) is 2.92. The smallest absolute Gasteiger partial charge is 0.174 e. The van der Waals surface area contributed by atoms with Crippen LogP contribution in [0.5, 0.6) is 0 Å². The van der Waals surface area contributed by atoms with Gasteiger partial charge in [0.1, 0.15) is 15.5 Å². The van der Waals surface area contributed by atoms with Crippen LogP contribution in [0.25, 0.3) is 0 Å².